The predicted molar refractivity (Wildman–Crippen MR) is 108 cm³/mol. The van der Waals surface area contributed by atoms with Crippen LogP contribution in [0.5, 0.6) is 11.6 Å². The average Bonchev–Trinajstić information content (AvgIpc) is 2.78. The first-order valence-corrected chi connectivity index (χ1v) is 9.88. The highest BCUT2D eigenvalue weighted by atomic mass is 16.5. The minimum Gasteiger partial charge on any atom is -0.493 e. The van der Waals surface area contributed by atoms with E-state index < -0.39 is 0 Å². The van der Waals surface area contributed by atoms with Gasteiger partial charge in [0.2, 0.25) is 17.7 Å². The van der Waals surface area contributed by atoms with Crippen LogP contribution in [0.1, 0.15) is 24.8 Å². The first-order valence-electron chi connectivity index (χ1n) is 9.88. The van der Waals surface area contributed by atoms with Crippen LogP contribution in [0.4, 0.5) is 0 Å². The van der Waals surface area contributed by atoms with Gasteiger partial charge in [-0.2, -0.15) is 0 Å². The number of carbonyl (C=O) groups excluding carboxylic acids is 2. The van der Waals surface area contributed by atoms with E-state index in [1.54, 1.807) is 19.4 Å². The monoisotopic (exact) mass is 397 g/mol. The van der Waals surface area contributed by atoms with E-state index in [9.17, 15) is 9.59 Å². The standard InChI is InChI=1S/C22H27N3O4/c1-28-20-15-17(7-11-23-20)16-24-22(27)18-8-12-25(13-9-18)21(26)10-14-29-19-5-3-2-4-6-19/h2-7,11,15,18H,8-10,12-14,16H2,1H3,(H,24,27). The number of benzene rings is 1. The fraction of sp³-hybridized carbons (Fsp3) is 0.409. The van der Waals surface area contributed by atoms with Crippen molar-refractivity contribution in [1.82, 2.24) is 15.2 Å². The molecule has 1 fully saturated rings. The molecule has 1 aliphatic heterocycles. The van der Waals surface area contributed by atoms with E-state index in [4.69, 9.17) is 9.47 Å². The lowest BCUT2D eigenvalue weighted by Crippen LogP contribution is -2.43. The second-order valence-electron chi connectivity index (χ2n) is 6.99. The third-order valence-electron chi connectivity index (χ3n) is 5.02. The Morgan fingerprint density at radius 1 is 1.17 bits per heavy atom. The molecule has 0 aliphatic carbocycles. The number of aromatic nitrogens is 1. The molecule has 1 saturated heterocycles. The Labute approximate surface area is 171 Å². The fourth-order valence-electron chi connectivity index (χ4n) is 3.33. The van der Waals surface area contributed by atoms with Crippen molar-refractivity contribution < 1.29 is 19.1 Å². The first-order chi connectivity index (χ1) is 14.2. The molecule has 2 heterocycles. The Bertz CT molecular complexity index is 805. The van der Waals surface area contributed by atoms with Crippen LogP contribution >= 0.6 is 0 Å². The zero-order chi connectivity index (χ0) is 20.5. The molecule has 0 saturated carbocycles. The molecule has 0 unspecified atom stereocenters. The average molecular weight is 397 g/mol. The Balaban J connectivity index is 1.36. The third kappa shape index (κ3) is 6.20. The molecule has 29 heavy (non-hydrogen) atoms. The number of nitrogens with zero attached hydrogens (tertiary/aromatic N) is 2. The molecule has 0 spiro atoms. The van der Waals surface area contributed by atoms with Crippen molar-refractivity contribution in [1.29, 1.82) is 0 Å². The van der Waals surface area contributed by atoms with E-state index in [0.29, 0.717) is 51.4 Å². The first kappa shape index (κ1) is 20.6. The van der Waals surface area contributed by atoms with E-state index in [-0.39, 0.29) is 17.7 Å². The van der Waals surface area contributed by atoms with Crippen molar-refractivity contribution in [2.45, 2.75) is 25.8 Å². The van der Waals surface area contributed by atoms with Crippen molar-refractivity contribution in [3.63, 3.8) is 0 Å². The molecular formula is C22H27N3O4. The number of hydrogen-bond donors (Lipinski definition) is 1. The van der Waals surface area contributed by atoms with E-state index in [0.717, 1.165) is 11.3 Å². The van der Waals surface area contributed by atoms with Crippen LogP contribution in [-0.2, 0) is 16.1 Å². The smallest absolute Gasteiger partial charge is 0.225 e. The van der Waals surface area contributed by atoms with Gasteiger partial charge in [0.15, 0.2) is 0 Å². The van der Waals surface area contributed by atoms with Gasteiger partial charge in [-0.25, -0.2) is 4.98 Å². The summed E-state index contributed by atoms with van der Waals surface area (Å²) in [6.45, 7) is 2.00. The normalized spacial score (nSPS) is 14.3. The largest absolute Gasteiger partial charge is 0.493 e. The summed E-state index contributed by atoms with van der Waals surface area (Å²) in [5.41, 5.74) is 0.941. The Morgan fingerprint density at radius 2 is 1.93 bits per heavy atom. The SMILES string of the molecule is COc1cc(CNC(=O)C2CCN(C(=O)CCOc3ccccc3)CC2)ccn1. The lowest BCUT2D eigenvalue weighted by Gasteiger charge is -2.31. The lowest BCUT2D eigenvalue weighted by atomic mass is 9.95. The van der Waals surface area contributed by atoms with Gasteiger partial charge in [-0.3, -0.25) is 9.59 Å². The number of ether oxygens (including phenoxy) is 2. The Kier molecular flexibility index (Phi) is 7.44. The Hall–Kier alpha value is -3.09. The van der Waals surface area contributed by atoms with Gasteiger partial charge in [0, 0.05) is 37.8 Å². The van der Waals surface area contributed by atoms with Gasteiger partial charge in [0.1, 0.15) is 5.75 Å². The molecule has 1 aliphatic rings. The van der Waals surface area contributed by atoms with E-state index >= 15 is 0 Å². The minimum absolute atomic E-state index is 0.0280. The molecule has 7 heteroatoms. The number of methoxy groups -OCH3 is 1. The van der Waals surface area contributed by atoms with Crippen LogP contribution in [0.3, 0.4) is 0 Å². The van der Waals surface area contributed by atoms with Crippen LogP contribution in [0.15, 0.2) is 48.7 Å². The molecule has 2 aromatic rings. The maximum Gasteiger partial charge on any atom is 0.225 e. The van der Waals surface area contributed by atoms with E-state index in [2.05, 4.69) is 10.3 Å². The van der Waals surface area contributed by atoms with Crippen molar-refractivity contribution in [3.8, 4) is 11.6 Å². The summed E-state index contributed by atoms with van der Waals surface area (Å²) >= 11 is 0. The van der Waals surface area contributed by atoms with E-state index in [1.807, 2.05) is 41.3 Å². The number of likely N-dealkylation sites (tertiary alicyclic amines) is 1. The lowest BCUT2D eigenvalue weighted by molar-refractivity contribution is -0.136. The number of rotatable bonds is 8. The molecule has 0 radical (unpaired) electrons. The number of nitrogens with one attached hydrogen (secondary N) is 1. The van der Waals surface area contributed by atoms with Crippen LogP contribution in [-0.4, -0.2) is 48.5 Å². The summed E-state index contributed by atoms with van der Waals surface area (Å²) in [7, 11) is 1.56. The number of para-hydroxylation sites is 1. The maximum absolute atomic E-state index is 12.4. The van der Waals surface area contributed by atoms with Crippen molar-refractivity contribution >= 4 is 11.8 Å². The topological polar surface area (TPSA) is 80.8 Å². The van der Waals surface area contributed by atoms with Gasteiger partial charge in [0.05, 0.1) is 20.1 Å². The molecular weight excluding hydrogens is 370 g/mol. The Morgan fingerprint density at radius 3 is 2.66 bits per heavy atom. The van der Waals surface area contributed by atoms with Gasteiger partial charge in [-0.15, -0.1) is 0 Å². The molecule has 1 aromatic heterocycles. The highest BCUT2D eigenvalue weighted by Gasteiger charge is 2.27. The number of hydrogen-bond acceptors (Lipinski definition) is 5. The van der Waals surface area contributed by atoms with Crippen LogP contribution in [0.25, 0.3) is 0 Å². The molecule has 1 N–H and O–H groups in total. The second kappa shape index (κ2) is 10.5. The molecule has 154 valence electrons. The van der Waals surface area contributed by atoms with Gasteiger partial charge in [0.25, 0.3) is 0 Å². The fourth-order valence-corrected chi connectivity index (χ4v) is 3.33. The highest BCUT2D eigenvalue weighted by Crippen LogP contribution is 2.19. The van der Waals surface area contributed by atoms with Crippen LogP contribution in [0, 0.1) is 5.92 Å². The summed E-state index contributed by atoms with van der Waals surface area (Å²) in [4.78, 5) is 30.7. The quantitative estimate of drug-likeness (QED) is 0.740. The van der Waals surface area contributed by atoms with E-state index in [1.165, 1.54) is 0 Å². The molecule has 3 rings (SSSR count). The summed E-state index contributed by atoms with van der Waals surface area (Å²) < 4.78 is 10.7. The van der Waals surface area contributed by atoms with Crippen molar-refractivity contribution in [2.24, 2.45) is 5.92 Å². The van der Waals surface area contributed by atoms with Crippen molar-refractivity contribution in [3.05, 3.63) is 54.2 Å². The summed E-state index contributed by atoms with van der Waals surface area (Å²) in [5.74, 6) is 1.33. The third-order valence-corrected chi connectivity index (χ3v) is 5.02. The van der Waals surface area contributed by atoms with Gasteiger partial charge >= 0.3 is 0 Å². The predicted octanol–water partition coefficient (Wildman–Crippen LogP) is 2.41. The highest BCUT2D eigenvalue weighted by molar-refractivity contribution is 5.80. The van der Waals surface area contributed by atoms with Gasteiger partial charge < -0.3 is 19.7 Å². The molecule has 0 bridgehead atoms. The van der Waals surface area contributed by atoms with Gasteiger partial charge in [-0.1, -0.05) is 18.2 Å². The number of carbonyl (C=O) groups is 2. The molecule has 1 aromatic carbocycles. The molecule has 2 amide bonds. The van der Waals surface area contributed by atoms with Gasteiger partial charge in [-0.05, 0) is 36.6 Å². The zero-order valence-electron chi connectivity index (χ0n) is 16.7. The van der Waals surface area contributed by atoms with Crippen LogP contribution < -0.4 is 14.8 Å². The second-order valence-corrected chi connectivity index (χ2v) is 6.99. The maximum atomic E-state index is 12.4. The number of pyridine rings is 1. The number of amides is 2. The minimum atomic E-state index is -0.0663. The molecule has 7 nitrogen and oxygen atoms in total. The van der Waals surface area contributed by atoms with Crippen LogP contribution in [0.2, 0.25) is 0 Å². The number of piperidine rings is 1. The summed E-state index contributed by atoms with van der Waals surface area (Å²) in [5, 5.41) is 2.97. The summed E-state index contributed by atoms with van der Waals surface area (Å²) in [6, 6.07) is 13.1. The van der Waals surface area contributed by atoms with Crippen molar-refractivity contribution in [2.75, 3.05) is 26.8 Å². The molecule has 0 atom stereocenters. The zero-order valence-corrected chi connectivity index (χ0v) is 16.7. The summed E-state index contributed by atoms with van der Waals surface area (Å²) in [6.07, 6.45) is 3.36.